The molecule has 0 aliphatic heterocycles. The van der Waals surface area contributed by atoms with Crippen LogP contribution in [0.5, 0.6) is 0 Å². The molecule has 4 heteroatoms. The predicted molar refractivity (Wildman–Crippen MR) is 71.7 cm³/mol. The molecule has 96 valence electrons. The largest absolute Gasteiger partial charge is 0.397 e. The molecule has 1 rings (SSSR count). The highest BCUT2D eigenvalue weighted by atomic mass is 19.1. The van der Waals surface area contributed by atoms with Crippen LogP contribution < -0.4 is 11.1 Å². The number of nitrogens with one attached hydrogen (secondary N) is 1. The number of benzene rings is 1. The van der Waals surface area contributed by atoms with Gasteiger partial charge in [0.2, 0.25) is 0 Å². The Bertz CT molecular complexity index is 355. The van der Waals surface area contributed by atoms with Gasteiger partial charge in [0, 0.05) is 19.1 Å². The van der Waals surface area contributed by atoms with Crippen molar-refractivity contribution in [3.8, 4) is 0 Å². The molecule has 1 aromatic carbocycles. The summed E-state index contributed by atoms with van der Waals surface area (Å²) in [5, 5.41) is 3.22. The van der Waals surface area contributed by atoms with Gasteiger partial charge in [-0.25, -0.2) is 4.39 Å². The summed E-state index contributed by atoms with van der Waals surface area (Å²) in [6.45, 7) is 6.11. The fourth-order valence-corrected chi connectivity index (χ4v) is 1.59. The second-order valence-electron chi connectivity index (χ2n) is 4.40. The Morgan fingerprint density at radius 3 is 2.76 bits per heavy atom. The number of anilines is 2. The van der Waals surface area contributed by atoms with Crippen molar-refractivity contribution in [1.82, 2.24) is 4.90 Å². The zero-order valence-corrected chi connectivity index (χ0v) is 10.8. The van der Waals surface area contributed by atoms with Gasteiger partial charge in [-0.15, -0.1) is 0 Å². The van der Waals surface area contributed by atoms with Crippen LogP contribution in [-0.4, -0.2) is 31.1 Å². The standard InChI is InChI=1S/C13H22FN3/c1-4-10(2)17(3)8-7-16-13-6-5-11(14)9-12(13)15/h5-6,9-10,16H,4,7-8,15H2,1-3H3. The summed E-state index contributed by atoms with van der Waals surface area (Å²) in [6, 6.07) is 4.99. The first-order valence-electron chi connectivity index (χ1n) is 6.03. The second kappa shape index (κ2) is 6.45. The third kappa shape index (κ3) is 4.23. The van der Waals surface area contributed by atoms with E-state index in [1.54, 1.807) is 6.07 Å². The smallest absolute Gasteiger partial charge is 0.125 e. The lowest BCUT2D eigenvalue weighted by molar-refractivity contribution is 0.261. The minimum atomic E-state index is -0.301. The van der Waals surface area contributed by atoms with Gasteiger partial charge >= 0.3 is 0 Å². The van der Waals surface area contributed by atoms with Gasteiger partial charge in [0.1, 0.15) is 5.82 Å². The Balaban J connectivity index is 2.40. The number of hydrogen-bond acceptors (Lipinski definition) is 3. The van der Waals surface area contributed by atoms with E-state index >= 15 is 0 Å². The van der Waals surface area contributed by atoms with Crippen LogP contribution in [0.2, 0.25) is 0 Å². The number of nitrogens with two attached hydrogens (primary N) is 1. The summed E-state index contributed by atoms with van der Waals surface area (Å²) in [4.78, 5) is 2.28. The van der Waals surface area contributed by atoms with Crippen LogP contribution in [0.3, 0.4) is 0 Å². The van der Waals surface area contributed by atoms with Crippen molar-refractivity contribution in [3.63, 3.8) is 0 Å². The zero-order chi connectivity index (χ0) is 12.8. The summed E-state index contributed by atoms with van der Waals surface area (Å²) >= 11 is 0. The molecule has 17 heavy (non-hydrogen) atoms. The Kier molecular flexibility index (Phi) is 5.22. The normalized spacial score (nSPS) is 12.8. The Labute approximate surface area is 103 Å². The van der Waals surface area contributed by atoms with Crippen molar-refractivity contribution in [2.75, 3.05) is 31.2 Å². The van der Waals surface area contributed by atoms with E-state index in [-0.39, 0.29) is 5.82 Å². The Morgan fingerprint density at radius 2 is 2.18 bits per heavy atom. The molecule has 1 atom stereocenters. The van der Waals surface area contributed by atoms with Crippen LogP contribution in [0.15, 0.2) is 18.2 Å². The lowest BCUT2D eigenvalue weighted by atomic mass is 10.2. The Morgan fingerprint density at radius 1 is 1.47 bits per heavy atom. The van der Waals surface area contributed by atoms with Gasteiger partial charge in [0.05, 0.1) is 11.4 Å². The maximum atomic E-state index is 12.8. The van der Waals surface area contributed by atoms with Gasteiger partial charge < -0.3 is 16.0 Å². The van der Waals surface area contributed by atoms with E-state index in [0.717, 1.165) is 25.2 Å². The van der Waals surface area contributed by atoms with Crippen molar-refractivity contribution >= 4 is 11.4 Å². The molecule has 0 heterocycles. The van der Waals surface area contributed by atoms with Gasteiger partial charge in [-0.2, -0.15) is 0 Å². The third-order valence-electron chi connectivity index (χ3n) is 3.14. The Hall–Kier alpha value is -1.29. The first-order chi connectivity index (χ1) is 8.04. The molecule has 0 spiro atoms. The number of hydrogen-bond donors (Lipinski definition) is 2. The monoisotopic (exact) mass is 239 g/mol. The van der Waals surface area contributed by atoms with Crippen LogP contribution in [0.1, 0.15) is 20.3 Å². The molecule has 0 aliphatic carbocycles. The maximum absolute atomic E-state index is 12.8. The minimum absolute atomic E-state index is 0.301. The van der Waals surface area contributed by atoms with Crippen LogP contribution in [0, 0.1) is 5.82 Å². The van der Waals surface area contributed by atoms with E-state index in [2.05, 4.69) is 31.1 Å². The summed E-state index contributed by atoms with van der Waals surface area (Å²) in [5.74, 6) is -0.301. The van der Waals surface area contributed by atoms with E-state index in [4.69, 9.17) is 5.73 Å². The average molecular weight is 239 g/mol. The van der Waals surface area contributed by atoms with Gasteiger partial charge in [-0.3, -0.25) is 0 Å². The lowest BCUT2D eigenvalue weighted by Gasteiger charge is -2.23. The number of nitrogen functional groups attached to an aromatic ring is 1. The number of likely N-dealkylation sites (N-methyl/N-ethyl adjacent to an activating group) is 1. The van der Waals surface area contributed by atoms with Crippen molar-refractivity contribution in [3.05, 3.63) is 24.0 Å². The highest BCUT2D eigenvalue weighted by Crippen LogP contribution is 2.18. The van der Waals surface area contributed by atoms with Gasteiger partial charge in [-0.05, 0) is 38.6 Å². The molecule has 1 unspecified atom stereocenters. The van der Waals surface area contributed by atoms with Crippen molar-refractivity contribution in [2.45, 2.75) is 26.3 Å². The number of rotatable bonds is 6. The number of nitrogens with zero attached hydrogens (tertiary/aromatic N) is 1. The fraction of sp³-hybridized carbons (Fsp3) is 0.538. The van der Waals surface area contributed by atoms with Crippen molar-refractivity contribution in [1.29, 1.82) is 0 Å². The first kappa shape index (κ1) is 13.8. The van der Waals surface area contributed by atoms with Crippen LogP contribution in [-0.2, 0) is 0 Å². The summed E-state index contributed by atoms with van der Waals surface area (Å²) < 4.78 is 12.8. The molecule has 0 amide bonds. The lowest BCUT2D eigenvalue weighted by Crippen LogP contribution is -2.32. The molecule has 1 aromatic rings. The summed E-state index contributed by atoms with van der Waals surface area (Å²) in [6.07, 6.45) is 1.13. The summed E-state index contributed by atoms with van der Waals surface area (Å²) in [5.41, 5.74) is 6.96. The maximum Gasteiger partial charge on any atom is 0.125 e. The van der Waals surface area contributed by atoms with Gasteiger partial charge in [0.15, 0.2) is 0 Å². The molecule has 3 nitrogen and oxygen atoms in total. The third-order valence-corrected chi connectivity index (χ3v) is 3.14. The number of halogens is 1. The molecule has 0 aliphatic rings. The average Bonchev–Trinajstić information content (AvgIpc) is 2.30. The second-order valence-corrected chi connectivity index (χ2v) is 4.40. The van der Waals surface area contributed by atoms with Gasteiger partial charge in [-0.1, -0.05) is 6.92 Å². The van der Waals surface area contributed by atoms with E-state index in [9.17, 15) is 4.39 Å². The van der Waals surface area contributed by atoms with Crippen LogP contribution in [0.25, 0.3) is 0 Å². The molecular weight excluding hydrogens is 217 g/mol. The van der Waals surface area contributed by atoms with E-state index < -0.39 is 0 Å². The SMILES string of the molecule is CCC(C)N(C)CCNc1ccc(F)cc1N. The molecule has 0 bridgehead atoms. The quantitative estimate of drug-likeness (QED) is 0.750. The van der Waals surface area contributed by atoms with Crippen molar-refractivity contribution in [2.24, 2.45) is 0 Å². The van der Waals surface area contributed by atoms with E-state index in [1.165, 1.54) is 12.1 Å². The molecule has 0 aromatic heterocycles. The first-order valence-corrected chi connectivity index (χ1v) is 6.03. The van der Waals surface area contributed by atoms with Crippen LogP contribution >= 0.6 is 0 Å². The molecule has 3 N–H and O–H groups in total. The minimum Gasteiger partial charge on any atom is -0.397 e. The molecule has 0 fully saturated rings. The van der Waals surface area contributed by atoms with Crippen LogP contribution in [0.4, 0.5) is 15.8 Å². The topological polar surface area (TPSA) is 41.3 Å². The zero-order valence-electron chi connectivity index (χ0n) is 10.8. The molecule has 0 radical (unpaired) electrons. The molecule has 0 saturated carbocycles. The highest BCUT2D eigenvalue weighted by Gasteiger charge is 2.06. The van der Waals surface area contributed by atoms with E-state index in [1.807, 2.05) is 0 Å². The predicted octanol–water partition coefficient (Wildman–Crippen LogP) is 2.55. The summed E-state index contributed by atoms with van der Waals surface area (Å²) in [7, 11) is 2.10. The van der Waals surface area contributed by atoms with Crippen molar-refractivity contribution < 1.29 is 4.39 Å². The molecular formula is C13H22FN3. The van der Waals surface area contributed by atoms with Gasteiger partial charge in [0.25, 0.3) is 0 Å². The highest BCUT2D eigenvalue weighted by molar-refractivity contribution is 5.65. The molecule has 0 saturated heterocycles. The van der Waals surface area contributed by atoms with E-state index in [0.29, 0.717) is 11.7 Å². The fourth-order valence-electron chi connectivity index (χ4n) is 1.59.